The lowest BCUT2D eigenvalue weighted by Crippen LogP contribution is -2.28. The Hall–Kier alpha value is -2.28. The zero-order chi connectivity index (χ0) is 18.1. The lowest BCUT2D eigenvalue weighted by molar-refractivity contribution is -0.122. The van der Waals surface area contributed by atoms with Gasteiger partial charge in [-0.25, -0.2) is 9.37 Å². The van der Waals surface area contributed by atoms with Crippen LogP contribution in [0.1, 0.15) is 36.3 Å². The average Bonchev–Trinajstić information content (AvgIpc) is 3.12. The molecule has 2 aliphatic rings. The minimum Gasteiger partial charge on any atom is -0.309 e. The summed E-state index contributed by atoms with van der Waals surface area (Å²) in [6, 6.07) is 6.14. The molecule has 0 bridgehead atoms. The number of fused-ring (bicyclic) bond motifs is 1. The van der Waals surface area contributed by atoms with Crippen molar-refractivity contribution in [2.75, 3.05) is 16.8 Å². The first-order valence-corrected chi connectivity index (χ1v) is 9.78. The zero-order valence-corrected chi connectivity index (χ0v) is 15.2. The minimum absolute atomic E-state index is 0.0885. The van der Waals surface area contributed by atoms with Gasteiger partial charge in [-0.15, -0.1) is 11.3 Å². The summed E-state index contributed by atoms with van der Waals surface area (Å²) in [5.41, 5.74) is 1.33. The van der Waals surface area contributed by atoms with Gasteiger partial charge >= 0.3 is 0 Å². The van der Waals surface area contributed by atoms with Crippen molar-refractivity contribution in [3.05, 3.63) is 40.7 Å². The molecule has 1 saturated heterocycles. The number of hydrogen-bond donors (Lipinski definition) is 1. The summed E-state index contributed by atoms with van der Waals surface area (Å²) < 4.78 is 14.0. The van der Waals surface area contributed by atoms with Crippen molar-refractivity contribution >= 4 is 34.0 Å². The Morgan fingerprint density at radius 2 is 2.04 bits per heavy atom. The van der Waals surface area contributed by atoms with Gasteiger partial charge in [0.15, 0.2) is 5.13 Å². The smallest absolute Gasteiger partial charge is 0.231 e. The number of halogens is 1. The van der Waals surface area contributed by atoms with E-state index in [4.69, 9.17) is 0 Å². The van der Waals surface area contributed by atoms with Gasteiger partial charge in [0.2, 0.25) is 11.8 Å². The first-order valence-electron chi connectivity index (χ1n) is 8.96. The van der Waals surface area contributed by atoms with E-state index in [2.05, 4.69) is 10.3 Å². The molecule has 1 aliphatic carbocycles. The highest BCUT2D eigenvalue weighted by Gasteiger charge is 2.36. The molecule has 0 spiro atoms. The molecule has 1 atom stereocenters. The van der Waals surface area contributed by atoms with Crippen molar-refractivity contribution < 1.29 is 14.0 Å². The monoisotopic (exact) mass is 373 g/mol. The third-order valence-corrected chi connectivity index (χ3v) is 6.04. The topological polar surface area (TPSA) is 62.3 Å². The number of aromatic nitrogens is 1. The summed E-state index contributed by atoms with van der Waals surface area (Å²) in [7, 11) is 0. The molecule has 1 aromatic carbocycles. The normalized spacial score (nSPS) is 20.0. The molecular weight excluding hydrogens is 353 g/mol. The van der Waals surface area contributed by atoms with Gasteiger partial charge < -0.3 is 10.2 Å². The van der Waals surface area contributed by atoms with Gasteiger partial charge in [-0.3, -0.25) is 9.59 Å². The molecule has 26 heavy (non-hydrogen) atoms. The molecule has 2 aromatic rings. The van der Waals surface area contributed by atoms with E-state index < -0.39 is 11.7 Å². The quantitative estimate of drug-likeness (QED) is 0.837. The number of nitrogens with zero attached hydrogens (tertiary/aromatic N) is 2. The van der Waals surface area contributed by atoms with Crippen LogP contribution in [0.25, 0.3) is 0 Å². The molecule has 2 amide bonds. The standard InChI is InChI=1S/C19H20FN3O2S/c20-13-6-4-5-8-15(13)23-11-12(10-17(23)24)18(25)22-19-21-14-7-2-1-3-9-16(14)26-19/h4-6,8,12H,1-3,7,9-11H2,(H,21,22,25). The summed E-state index contributed by atoms with van der Waals surface area (Å²) in [5, 5.41) is 3.47. The minimum atomic E-state index is -0.495. The number of thiazole rings is 1. The predicted octanol–water partition coefficient (Wildman–Crippen LogP) is 3.54. The Bertz CT molecular complexity index is 828. The lowest BCUT2D eigenvalue weighted by Gasteiger charge is -2.17. The summed E-state index contributed by atoms with van der Waals surface area (Å²) in [6.45, 7) is 0.191. The summed E-state index contributed by atoms with van der Waals surface area (Å²) >= 11 is 1.53. The number of amides is 2. The van der Waals surface area contributed by atoms with E-state index in [-0.39, 0.29) is 30.5 Å². The van der Waals surface area contributed by atoms with Crippen molar-refractivity contribution in [1.82, 2.24) is 4.98 Å². The highest BCUT2D eigenvalue weighted by Crippen LogP contribution is 2.31. The summed E-state index contributed by atoms with van der Waals surface area (Å²) in [6.07, 6.45) is 5.60. The lowest BCUT2D eigenvalue weighted by atomic mass is 10.1. The van der Waals surface area contributed by atoms with Crippen molar-refractivity contribution in [3.8, 4) is 0 Å². The molecule has 0 radical (unpaired) electrons. The molecule has 1 aliphatic heterocycles. The molecule has 1 fully saturated rings. The molecule has 1 unspecified atom stereocenters. The zero-order valence-electron chi connectivity index (χ0n) is 14.3. The first-order chi connectivity index (χ1) is 12.6. The van der Waals surface area contributed by atoms with Crippen LogP contribution in [0, 0.1) is 11.7 Å². The SMILES string of the molecule is O=C(Nc1nc2c(s1)CCCCC2)C1CC(=O)N(c2ccccc2F)C1. The number of aryl methyl sites for hydroxylation is 2. The van der Waals surface area contributed by atoms with E-state index >= 15 is 0 Å². The van der Waals surface area contributed by atoms with E-state index in [1.807, 2.05) is 0 Å². The fourth-order valence-corrected chi connectivity index (χ4v) is 4.63. The Labute approximate surface area is 155 Å². The molecular formula is C19H20FN3O2S. The van der Waals surface area contributed by atoms with Gasteiger partial charge in [0.05, 0.1) is 17.3 Å². The van der Waals surface area contributed by atoms with Crippen LogP contribution >= 0.6 is 11.3 Å². The van der Waals surface area contributed by atoms with Crippen LogP contribution in [0.2, 0.25) is 0 Å². The van der Waals surface area contributed by atoms with Crippen LogP contribution in [0.15, 0.2) is 24.3 Å². The third kappa shape index (κ3) is 3.35. The Kier molecular flexibility index (Phi) is 4.72. The Morgan fingerprint density at radius 3 is 2.88 bits per heavy atom. The highest BCUT2D eigenvalue weighted by molar-refractivity contribution is 7.15. The maximum atomic E-state index is 14.0. The van der Waals surface area contributed by atoms with Gasteiger partial charge in [0.25, 0.3) is 0 Å². The van der Waals surface area contributed by atoms with Crippen molar-refractivity contribution in [3.63, 3.8) is 0 Å². The third-order valence-electron chi connectivity index (χ3n) is 4.96. The van der Waals surface area contributed by atoms with Crippen LogP contribution in [-0.4, -0.2) is 23.3 Å². The first kappa shape index (κ1) is 17.1. The van der Waals surface area contributed by atoms with Gasteiger partial charge in [-0.1, -0.05) is 18.6 Å². The number of carbonyl (C=O) groups excluding carboxylic acids is 2. The number of para-hydroxylation sites is 1. The number of carbonyl (C=O) groups is 2. The molecule has 4 rings (SSSR count). The van der Waals surface area contributed by atoms with Gasteiger partial charge in [0, 0.05) is 17.8 Å². The van der Waals surface area contributed by atoms with Crippen molar-refractivity contribution in [2.24, 2.45) is 5.92 Å². The van der Waals surface area contributed by atoms with E-state index in [1.54, 1.807) is 18.2 Å². The average molecular weight is 373 g/mol. The second-order valence-corrected chi connectivity index (χ2v) is 7.88. The number of anilines is 2. The van der Waals surface area contributed by atoms with Gasteiger partial charge in [-0.05, 0) is 37.8 Å². The largest absolute Gasteiger partial charge is 0.309 e. The maximum absolute atomic E-state index is 14.0. The van der Waals surface area contributed by atoms with Crippen LogP contribution in [0.4, 0.5) is 15.2 Å². The highest BCUT2D eigenvalue weighted by atomic mass is 32.1. The van der Waals surface area contributed by atoms with E-state index in [0.29, 0.717) is 5.13 Å². The Morgan fingerprint density at radius 1 is 1.23 bits per heavy atom. The molecule has 136 valence electrons. The van der Waals surface area contributed by atoms with Crippen LogP contribution in [0.5, 0.6) is 0 Å². The van der Waals surface area contributed by atoms with Gasteiger partial charge in [0.1, 0.15) is 5.82 Å². The van der Waals surface area contributed by atoms with Crippen LogP contribution in [0.3, 0.4) is 0 Å². The molecule has 1 N–H and O–H groups in total. The molecule has 7 heteroatoms. The second-order valence-electron chi connectivity index (χ2n) is 6.80. The number of rotatable bonds is 3. The van der Waals surface area contributed by atoms with Crippen LogP contribution in [-0.2, 0) is 22.4 Å². The number of hydrogen-bond acceptors (Lipinski definition) is 4. The second kappa shape index (κ2) is 7.15. The molecule has 1 aromatic heterocycles. The van der Waals surface area contributed by atoms with Crippen molar-refractivity contribution in [2.45, 2.75) is 38.5 Å². The van der Waals surface area contributed by atoms with E-state index in [9.17, 15) is 14.0 Å². The maximum Gasteiger partial charge on any atom is 0.231 e. The van der Waals surface area contributed by atoms with E-state index in [1.165, 1.54) is 33.6 Å². The molecule has 2 heterocycles. The van der Waals surface area contributed by atoms with E-state index in [0.717, 1.165) is 31.4 Å². The fourth-order valence-electron chi connectivity index (χ4n) is 3.58. The number of benzene rings is 1. The number of nitrogens with one attached hydrogen (secondary N) is 1. The summed E-state index contributed by atoms with van der Waals surface area (Å²) in [5.74, 6) is -1.40. The fraction of sp³-hybridized carbons (Fsp3) is 0.421. The Balaban J connectivity index is 1.45. The van der Waals surface area contributed by atoms with Gasteiger partial charge in [-0.2, -0.15) is 0 Å². The molecule has 5 nitrogen and oxygen atoms in total. The predicted molar refractivity (Wildman–Crippen MR) is 98.9 cm³/mol. The van der Waals surface area contributed by atoms with Crippen molar-refractivity contribution in [1.29, 1.82) is 0 Å². The summed E-state index contributed by atoms with van der Waals surface area (Å²) in [4.78, 5) is 32.0. The molecule has 0 saturated carbocycles. The van der Waals surface area contributed by atoms with Crippen LogP contribution < -0.4 is 10.2 Å².